The number of aromatic nitrogens is 3. The Bertz CT molecular complexity index is 512. The zero-order valence-corrected chi connectivity index (χ0v) is 8.52. The van der Waals surface area contributed by atoms with Crippen LogP contribution in [0.4, 0.5) is 0 Å². The van der Waals surface area contributed by atoms with Crippen molar-refractivity contribution in [3.05, 3.63) is 41.7 Å². The van der Waals surface area contributed by atoms with Crippen LogP contribution in [0.3, 0.4) is 0 Å². The second-order valence-corrected chi connectivity index (χ2v) is 3.20. The molecule has 0 bridgehead atoms. The zero-order valence-electron chi connectivity index (χ0n) is 7.76. The number of benzene rings is 1. The van der Waals surface area contributed by atoms with E-state index in [1.165, 1.54) is 0 Å². The van der Waals surface area contributed by atoms with Crippen LogP contribution < -0.4 is 0 Å². The highest BCUT2D eigenvalue weighted by molar-refractivity contribution is 6.16. The lowest BCUT2D eigenvalue weighted by molar-refractivity contribution is 0.781. The first-order valence-corrected chi connectivity index (χ1v) is 4.84. The summed E-state index contributed by atoms with van der Waals surface area (Å²) in [5.41, 5.74) is 2.18. The van der Waals surface area contributed by atoms with Crippen molar-refractivity contribution in [2.45, 2.75) is 5.88 Å². The molecule has 0 atom stereocenters. The van der Waals surface area contributed by atoms with Crippen LogP contribution in [0, 0.1) is 11.3 Å². The van der Waals surface area contributed by atoms with Crippen molar-refractivity contribution >= 4 is 11.6 Å². The number of rotatable bonds is 2. The van der Waals surface area contributed by atoms with Gasteiger partial charge in [-0.3, -0.25) is 0 Å². The first kappa shape index (κ1) is 9.69. The van der Waals surface area contributed by atoms with Gasteiger partial charge in [-0.15, -0.1) is 16.7 Å². The molecule has 4 nitrogen and oxygen atoms in total. The predicted octanol–water partition coefficient (Wildman–Crippen LogP) is 1.88. The molecule has 0 aliphatic rings. The van der Waals surface area contributed by atoms with Crippen LogP contribution in [0.2, 0.25) is 0 Å². The third-order valence-electron chi connectivity index (χ3n) is 1.98. The molecule has 0 spiro atoms. The molecule has 1 aromatic carbocycles. The molecular weight excluding hydrogens is 212 g/mol. The van der Waals surface area contributed by atoms with E-state index in [4.69, 9.17) is 16.9 Å². The van der Waals surface area contributed by atoms with E-state index >= 15 is 0 Å². The van der Waals surface area contributed by atoms with Gasteiger partial charge in [0.15, 0.2) is 0 Å². The van der Waals surface area contributed by atoms with Gasteiger partial charge in [-0.25, -0.2) is 4.68 Å². The van der Waals surface area contributed by atoms with E-state index in [0.717, 1.165) is 11.4 Å². The molecule has 0 fully saturated rings. The van der Waals surface area contributed by atoms with Gasteiger partial charge < -0.3 is 0 Å². The minimum atomic E-state index is 0.337. The molecule has 0 unspecified atom stereocenters. The summed E-state index contributed by atoms with van der Waals surface area (Å²) in [5, 5.41) is 16.4. The molecule has 1 heterocycles. The quantitative estimate of drug-likeness (QED) is 0.724. The van der Waals surface area contributed by atoms with Crippen LogP contribution in [0.1, 0.15) is 11.3 Å². The Morgan fingerprint density at radius 2 is 2.33 bits per heavy atom. The number of nitriles is 1. The zero-order chi connectivity index (χ0) is 10.7. The average molecular weight is 219 g/mol. The van der Waals surface area contributed by atoms with Gasteiger partial charge in [0.2, 0.25) is 0 Å². The summed E-state index contributed by atoms with van der Waals surface area (Å²) >= 11 is 5.73. The van der Waals surface area contributed by atoms with Crippen molar-refractivity contribution in [3.8, 4) is 11.8 Å². The van der Waals surface area contributed by atoms with E-state index in [2.05, 4.69) is 16.4 Å². The van der Waals surface area contributed by atoms with Crippen LogP contribution in [0.5, 0.6) is 0 Å². The number of hydrogen-bond donors (Lipinski definition) is 0. The SMILES string of the molecule is N#Cc1cccc(-n2nncc2CCl)c1. The number of alkyl halides is 1. The van der Waals surface area contributed by atoms with Gasteiger partial charge in [0.05, 0.1) is 35.1 Å². The molecule has 5 heteroatoms. The van der Waals surface area contributed by atoms with Crippen LogP contribution in [0.25, 0.3) is 5.69 Å². The lowest BCUT2D eigenvalue weighted by Gasteiger charge is -2.03. The van der Waals surface area contributed by atoms with Crippen LogP contribution in [0.15, 0.2) is 30.5 Å². The van der Waals surface area contributed by atoms with Crippen LogP contribution in [-0.2, 0) is 5.88 Å². The molecule has 2 aromatic rings. The van der Waals surface area contributed by atoms with E-state index in [0.29, 0.717) is 11.4 Å². The van der Waals surface area contributed by atoms with Crippen molar-refractivity contribution in [2.75, 3.05) is 0 Å². The lowest BCUT2D eigenvalue weighted by atomic mass is 10.2. The van der Waals surface area contributed by atoms with Gasteiger partial charge in [-0.2, -0.15) is 5.26 Å². The Balaban J connectivity index is 2.50. The average Bonchev–Trinajstić information content (AvgIpc) is 2.77. The van der Waals surface area contributed by atoms with Gasteiger partial charge in [0.1, 0.15) is 0 Å². The maximum atomic E-state index is 8.76. The Kier molecular flexibility index (Phi) is 2.66. The molecule has 0 saturated heterocycles. The number of halogens is 1. The van der Waals surface area contributed by atoms with Crippen molar-refractivity contribution in [1.29, 1.82) is 5.26 Å². The smallest absolute Gasteiger partial charge is 0.0992 e. The van der Waals surface area contributed by atoms with E-state index in [1.54, 1.807) is 29.1 Å². The molecular formula is C10H7ClN4. The van der Waals surface area contributed by atoms with Crippen molar-refractivity contribution in [2.24, 2.45) is 0 Å². The molecule has 0 aliphatic heterocycles. The minimum absolute atomic E-state index is 0.337. The summed E-state index contributed by atoms with van der Waals surface area (Å²) in [6, 6.07) is 9.20. The van der Waals surface area contributed by atoms with Crippen LogP contribution >= 0.6 is 11.6 Å². The monoisotopic (exact) mass is 218 g/mol. The highest BCUT2D eigenvalue weighted by atomic mass is 35.5. The Morgan fingerprint density at radius 1 is 1.47 bits per heavy atom. The summed E-state index contributed by atoms with van der Waals surface area (Å²) in [5.74, 6) is 0.337. The third-order valence-corrected chi connectivity index (χ3v) is 2.25. The Morgan fingerprint density at radius 3 is 3.07 bits per heavy atom. The van der Waals surface area contributed by atoms with Crippen molar-refractivity contribution in [1.82, 2.24) is 15.0 Å². The summed E-state index contributed by atoms with van der Waals surface area (Å²) < 4.78 is 1.62. The fourth-order valence-corrected chi connectivity index (χ4v) is 1.45. The highest BCUT2D eigenvalue weighted by Crippen LogP contribution is 2.12. The maximum absolute atomic E-state index is 8.76. The Labute approximate surface area is 91.7 Å². The molecule has 15 heavy (non-hydrogen) atoms. The largest absolute Gasteiger partial charge is 0.216 e. The molecule has 2 rings (SSSR count). The van der Waals surface area contributed by atoms with Gasteiger partial charge >= 0.3 is 0 Å². The fourth-order valence-electron chi connectivity index (χ4n) is 1.27. The summed E-state index contributed by atoms with van der Waals surface area (Å²) in [6.07, 6.45) is 1.60. The first-order chi connectivity index (χ1) is 7.35. The molecule has 0 N–H and O–H groups in total. The van der Waals surface area contributed by atoms with Crippen LogP contribution in [-0.4, -0.2) is 15.0 Å². The molecule has 74 valence electrons. The van der Waals surface area contributed by atoms with E-state index in [-0.39, 0.29) is 0 Å². The molecule has 0 aliphatic carbocycles. The maximum Gasteiger partial charge on any atom is 0.0992 e. The van der Waals surface area contributed by atoms with Gasteiger partial charge in [0, 0.05) is 0 Å². The second-order valence-electron chi connectivity index (χ2n) is 2.93. The second kappa shape index (κ2) is 4.11. The van der Waals surface area contributed by atoms with E-state index in [9.17, 15) is 0 Å². The predicted molar refractivity (Wildman–Crippen MR) is 55.6 cm³/mol. The first-order valence-electron chi connectivity index (χ1n) is 4.31. The highest BCUT2D eigenvalue weighted by Gasteiger charge is 2.05. The molecule has 0 amide bonds. The van der Waals surface area contributed by atoms with Gasteiger partial charge in [-0.05, 0) is 18.2 Å². The molecule has 0 saturated carbocycles. The molecule has 0 radical (unpaired) electrons. The van der Waals surface area contributed by atoms with Gasteiger partial charge in [-0.1, -0.05) is 11.3 Å². The topological polar surface area (TPSA) is 54.5 Å². The Hall–Kier alpha value is -1.86. The third kappa shape index (κ3) is 1.83. The summed E-state index contributed by atoms with van der Waals surface area (Å²) in [4.78, 5) is 0. The number of nitrogens with zero attached hydrogens (tertiary/aromatic N) is 4. The lowest BCUT2D eigenvalue weighted by Crippen LogP contribution is -2.00. The van der Waals surface area contributed by atoms with Crippen molar-refractivity contribution < 1.29 is 0 Å². The van der Waals surface area contributed by atoms with E-state index in [1.807, 2.05) is 6.07 Å². The standard InChI is InChI=1S/C10H7ClN4/c11-5-10-7-13-14-15(10)9-3-1-2-8(4-9)6-12/h1-4,7H,5H2. The minimum Gasteiger partial charge on any atom is -0.216 e. The van der Waals surface area contributed by atoms with Crippen molar-refractivity contribution in [3.63, 3.8) is 0 Å². The number of hydrogen-bond acceptors (Lipinski definition) is 3. The summed E-state index contributed by atoms with van der Waals surface area (Å²) in [7, 11) is 0. The normalized spacial score (nSPS) is 9.87. The van der Waals surface area contributed by atoms with Gasteiger partial charge in [0.25, 0.3) is 0 Å². The van der Waals surface area contributed by atoms with E-state index < -0.39 is 0 Å². The fraction of sp³-hybridized carbons (Fsp3) is 0.100. The summed E-state index contributed by atoms with van der Waals surface area (Å²) in [6.45, 7) is 0. The molecule has 1 aromatic heterocycles.